The van der Waals surface area contributed by atoms with Crippen molar-refractivity contribution in [1.29, 1.82) is 0 Å². The molecule has 0 aliphatic carbocycles. The molecule has 0 aromatic heterocycles. The van der Waals surface area contributed by atoms with Crippen LogP contribution in [-0.2, 0) is 9.84 Å². The van der Waals surface area contributed by atoms with Crippen LogP contribution in [0.5, 0.6) is 0 Å². The van der Waals surface area contributed by atoms with E-state index in [2.05, 4.69) is 10.1 Å². The van der Waals surface area contributed by atoms with Crippen LogP contribution in [0.3, 0.4) is 0 Å². The average molecular weight is 263 g/mol. The van der Waals surface area contributed by atoms with E-state index in [1.807, 2.05) is 0 Å². The molecule has 0 bridgehead atoms. The van der Waals surface area contributed by atoms with E-state index in [0.717, 1.165) is 19.4 Å². The third kappa shape index (κ3) is 4.16. The summed E-state index contributed by atoms with van der Waals surface area (Å²) in [5, 5.41) is 11.7. The molecule has 3 N–H and O–H groups in total. The summed E-state index contributed by atoms with van der Waals surface area (Å²) < 4.78 is 22.7. The monoisotopic (exact) mass is 263 g/mol. The second-order valence-electron chi connectivity index (χ2n) is 4.31. The smallest absolute Gasteiger partial charge is 0.156 e. The first kappa shape index (κ1) is 14.2. The number of likely N-dealkylation sites (tertiary alicyclic amines) is 1. The highest BCUT2D eigenvalue weighted by atomic mass is 32.2. The average Bonchev–Trinajstić information content (AvgIpc) is 2.76. The Hall–Kier alpha value is -0.820. The third-order valence-corrected chi connectivity index (χ3v) is 4.95. The molecule has 17 heavy (non-hydrogen) atoms. The second kappa shape index (κ2) is 6.20. The van der Waals surface area contributed by atoms with E-state index < -0.39 is 9.84 Å². The Bertz CT molecular complexity index is 367. The van der Waals surface area contributed by atoms with Crippen LogP contribution >= 0.6 is 0 Å². The lowest BCUT2D eigenvalue weighted by molar-refractivity contribution is 0.281. The summed E-state index contributed by atoms with van der Waals surface area (Å²) in [5.41, 5.74) is 5.59. The summed E-state index contributed by atoms with van der Waals surface area (Å²) in [6.07, 6.45) is 2.48. The Kier molecular flexibility index (Phi) is 5.20. The predicted molar refractivity (Wildman–Crippen MR) is 66.9 cm³/mol. The Labute approximate surface area is 102 Å². The quantitative estimate of drug-likeness (QED) is 0.305. The number of nitrogens with zero attached hydrogens (tertiary/aromatic N) is 2. The SMILES string of the molecule is CCS(=O)(=O)CCCN1CCCC1C(N)=NO. The molecule has 0 amide bonds. The molecule has 100 valence electrons. The maximum Gasteiger partial charge on any atom is 0.156 e. The van der Waals surface area contributed by atoms with Gasteiger partial charge in [-0.15, -0.1) is 0 Å². The van der Waals surface area contributed by atoms with Gasteiger partial charge in [-0.25, -0.2) is 8.42 Å². The van der Waals surface area contributed by atoms with Gasteiger partial charge in [-0.05, 0) is 32.4 Å². The van der Waals surface area contributed by atoms with Crippen molar-refractivity contribution in [1.82, 2.24) is 4.90 Å². The molecule has 1 heterocycles. The molecule has 1 unspecified atom stereocenters. The molecule has 1 saturated heterocycles. The van der Waals surface area contributed by atoms with Crippen molar-refractivity contribution in [3.8, 4) is 0 Å². The minimum Gasteiger partial charge on any atom is -0.409 e. The summed E-state index contributed by atoms with van der Waals surface area (Å²) in [7, 11) is -2.89. The van der Waals surface area contributed by atoms with E-state index in [0.29, 0.717) is 13.0 Å². The molecule has 0 radical (unpaired) electrons. The fourth-order valence-corrected chi connectivity index (χ4v) is 2.98. The predicted octanol–water partition coefficient (Wildman–Crippen LogP) is 0.0220. The normalized spacial score (nSPS) is 23.1. The zero-order valence-corrected chi connectivity index (χ0v) is 11.0. The van der Waals surface area contributed by atoms with Crippen LogP contribution in [-0.4, -0.2) is 55.0 Å². The lowest BCUT2D eigenvalue weighted by Gasteiger charge is -2.22. The molecule has 0 spiro atoms. The van der Waals surface area contributed by atoms with Crippen molar-refractivity contribution in [2.24, 2.45) is 10.9 Å². The molecule has 0 aromatic rings. The van der Waals surface area contributed by atoms with E-state index >= 15 is 0 Å². The lowest BCUT2D eigenvalue weighted by Crippen LogP contribution is -2.41. The van der Waals surface area contributed by atoms with Gasteiger partial charge in [0.2, 0.25) is 0 Å². The van der Waals surface area contributed by atoms with Crippen molar-refractivity contribution < 1.29 is 13.6 Å². The van der Waals surface area contributed by atoms with Crippen molar-refractivity contribution in [2.45, 2.75) is 32.2 Å². The summed E-state index contributed by atoms with van der Waals surface area (Å²) in [6, 6.07) is -0.0377. The van der Waals surface area contributed by atoms with Gasteiger partial charge in [0.15, 0.2) is 5.84 Å². The maximum absolute atomic E-state index is 11.3. The molecule has 1 rings (SSSR count). The topological polar surface area (TPSA) is 96.0 Å². The number of sulfone groups is 1. The first-order chi connectivity index (χ1) is 8.00. The highest BCUT2D eigenvalue weighted by Gasteiger charge is 2.27. The number of rotatable bonds is 6. The van der Waals surface area contributed by atoms with Crippen LogP contribution in [0.4, 0.5) is 0 Å². The number of oxime groups is 1. The molecule has 7 heteroatoms. The van der Waals surface area contributed by atoms with Crippen LogP contribution in [0.1, 0.15) is 26.2 Å². The Morgan fingerprint density at radius 1 is 1.59 bits per heavy atom. The third-order valence-electron chi connectivity index (χ3n) is 3.16. The maximum atomic E-state index is 11.3. The molecule has 1 atom stereocenters. The van der Waals surface area contributed by atoms with Crippen LogP contribution in [0.2, 0.25) is 0 Å². The minimum absolute atomic E-state index is 0.0377. The van der Waals surface area contributed by atoms with Crippen LogP contribution < -0.4 is 5.73 Å². The van der Waals surface area contributed by atoms with Crippen LogP contribution in [0, 0.1) is 0 Å². The van der Waals surface area contributed by atoms with Crippen LogP contribution in [0.25, 0.3) is 0 Å². The molecule has 0 aromatic carbocycles. The van der Waals surface area contributed by atoms with Gasteiger partial charge < -0.3 is 10.9 Å². The molecular formula is C10H21N3O3S. The number of amidine groups is 1. The van der Waals surface area contributed by atoms with Crippen molar-refractivity contribution >= 4 is 15.7 Å². The van der Waals surface area contributed by atoms with E-state index in [9.17, 15) is 8.42 Å². The number of hydrogen-bond acceptors (Lipinski definition) is 5. The molecular weight excluding hydrogens is 242 g/mol. The van der Waals surface area contributed by atoms with Gasteiger partial charge in [0.25, 0.3) is 0 Å². The summed E-state index contributed by atoms with van der Waals surface area (Å²) in [4.78, 5) is 2.08. The van der Waals surface area contributed by atoms with Gasteiger partial charge in [0.05, 0.1) is 11.8 Å². The van der Waals surface area contributed by atoms with E-state index in [1.54, 1.807) is 6.92 Å². The summed E-state index contributed by atoms with van der Waals surface area (Å²) in [6.45, 7) is 3.22. The van der Waals surface area contributed by atoms with Gasteiger partial charge in [-0.3, -0.25) is 4.90 Å². The zero-order valence-electron chi connectivity index (χ0n) is 10.2. The fourth-order valence-electron chi connectivity index (χ4n) is 2.13. The Morgan fingerprint density at radius 3 is 2.88 bits per heavy atom. The molecule has 1 aliphatic rings. The van der Waals surface area contributed by atoms with Crippen LogP contribution in [0.15, 0.2) is 5.16 Å². The van der Waals surface area contributed by atoms with Gasteiger partial charge >= 0.3 is 0 Å². The standard InChI is InChI=1S/C10H21N3O3S/c1-2-17(15,16)8-4-7-13-6-3-5-9(13)10(11)12-14/h9,14H,2-8H2,1H3,(H2,11,12). The van der Waals surface area contributed by atoms with E-state index in [-0.39, 0.29) is 23.4 Å². The van der Waals surface area contributed by atoms with Gasteiger partial charge in [-0.2, -0.15) is 0 Å². The second-order valence-corrected chi connectivity index (χ2v) is 6.78. The lowest BCUT2D eigenvalue weighted by atomic mass is 10.2. The van der Waals surface area contributed by atoms with Crippen molar-refractivity contribution in [3.05, 3.63) is 0 Å². The summed E-state index contributed by atoms with van der Waals surface area (Å²) in [5.74, 6) is 0.625. The molecule has 6 nitrogen and oxygen atoms in total. The van der Waals surface area contributed by atoms with E-state index in [1.165, 1.54) is 0 Å². The Balaban J connectivity index is 2.41. The van der Waals surface area contributed by atoms with Crippen molar-refractivity contribution in [2.75, 3.05) is 24.6 Å². The first-order valence-electron chi connectivity index (χ1n) is 5.92. The van der Waals surface area contributed by atoms with Gasteiger partial charge in [-0.1, -0.05) is 12.1 Å². The molecule has 1 fully saturated rings. The largest absolute Gasteiger partial charge is 0.409 e. The molecule has 0 saturated carbocycles. The Morgan fingerprint density at radius 2 is 2.29 bits per heavy atom. The van der Waals surface area contributed by atoms with Crippen molar-refractivity contribution in [3.63, 3.8) is 0 Å². The van der Waals surface area contributed by atoms with Gasteiger partial charge in [0.1, 0.15) is 9.84 Å². The zero-order chi connectivity index (χ0) is 12.9. The molecule has 1 aliphatic heterocycles. The highest BCUT2D eigenvalue weighted by molar-refractivity contribution is 7.91. The highest BCUT2D eigenvalue weighted by Crippen LogP contribution is 2.17. The van der Waals surface area contributed by atoms with E-state index in [4.69, 9.17) is 10.9 Å². The van der Waals surface area contributed by atoms with Gasteiger partial charge in [0, 0.05) is 5.75 Å². The first-order valence-corrected chi connectivity index (χ1v) is 7.74. The number of hydrogen-bond donors (Lipinski definition) is 2. The number of nitrogens with two attached hydrogens (primary N) is 1. The fraction of sp³-hybridized carbons (Fsp3) is 0.900. The summed E-state index contributed by atoms with van der Waals surface area (Å²) >= 11 is 0. The minimum atomic E-state index is -2.89.